The van der Waals surface area contributed by atoms with Crippen molar-refractivity contribution < 1.29 is 4.39 Å². The summed E-state index contributed by atoms with van der Waals surface area (Å²) >= 11 is 0. The lowest BCUT2D eigenvalue weighted by molar-refractivity contribution is 0.497. The maximum atomic E-state index is 13.6. The van der Waals surface area contributed by atoms with E-state index in [1.54, 1.807) is 20.0 Å². The fraction of sp³-hybridized carbons (Fsp3) is 0.214. The number of nitrogens with zero attached hydrogens (tertiary/aromatic N) is 3. The second kappa shape index (κ2) is 5.93. The number of aliphatic imine (C=N–C) groups is 1. The number of anilines is 2. The zero-order valence-electron chi connectivity index (χ0n) is 11.5. The molecule has 21 heavy (non-hydrogen) atoms. The van der Waals surface area contributed by atoms with Gasteiger partial charge < -0.3 is 16.4 Å². The van der Waals surface area contributed by atoms with Gasteiger partial charge in [0, 0.05) is 7.05 Å². The highest BCUT2D eigenvalue weighted by atomic mass is 19.1. The standard InChI is InChI=1S/C14H13FN6/c1-8-5-9(6-16)13(21-12(8)17)20-10-3-4-11(15)14(18-2)19-7-10/h5,7,11H,1-2H3,(H,18,19)(H3,17,20,21). The van der Waals surface area contributed by atoms with Crippen molar-refractivity contribution in [2.75, 3.05) is 18.1 Å². The molecule has 1 atom stereocenters. The molecule has 1 aliphatic rings. The van der Waals surface area contributed by atoms with E-state index < -0.39 is 6.17 Å². The molecule has 106 valence electrons. The molecule has 0 fully saturated rings. The van der Waals surface area contributed by atoms with Crippen molar-refractivity contribution in [3.05, 3.63) is 29.1 Å². The molecule has 0 spiro atoms. The Balaban J connectivity index is 2.35. The Morgan fingerprint density at radius 2 is 2.29 bits per heavy atom. The molecule has 0 aliphatic carbocycles. The monoisotopic (exact) mass is 284 g/mol. The highest BCUT2D eigenvalue weighted by molar-refractivity contribution is 5.90. The van der Waals surface area contributed by atoms with E-state index in [-0.39, 0.29) is 11.7 Å². The lowest BCUT2D eigenvalue weighted by atomic mass is 10.2. The summed E-state index contributed by atoms with van der Waals surface area (Å²) < 4.78 is 13.6. The van der Waals surface area contributed by atoms with Gasteiger partial charge in [-0.3, -0.25) is 0 Å². The molecule has 0 amide bonds. The minimum absolute atomic E-state index is 0.121. The normalized spacial score (nSPS) is 16.6. The van der Waals surface area contributed by atoms with E-state index in [9.17, 15) is 4.39 Å². The summed E-state index contributed by atoms with van der Waals surface area (Å²) in [4.78, 5) is 8.04. The maximum Gasteiger partial charge on any atom is 0.217 e. The lowest BCUT2D eigenvalue weighted by Gasteiger charge is -2.08. The number of nitriles is 1. The van der Waals surface area contributed by atoms with Crippen molar-refractivity contribution in [1.29, 1.82) is 5.26 Å². The van der Waals surface area contributed by atoms with Gasteiger partial charge in [0.1, 0.15) is 23.4 Å². The number of hydrogen-bond acceptors (Lipinski definition) is 6. The number of nitrogens with one attached hydrogen (secondary N) is 2. The number of amidine groups is 1. The molecular weight excluding hydrogens is 271 g/mol. The second-order valence-electron chi connectivity index (χ2n) is 4.26. The molecular formula is C14H13FN6. The van der Waals surface area contributed by atoms with Crippen molar-refractivity contribution in [1.82, 2.24) is 10.3 Å². The van der Waals surface area contributed by atoms with Crippen molar-refractivity contribution >= 4 is 17.5 Å². The van der Waals surface area contributed by atoms with Crippen LogP contribution in [0.2, 0.25) is 0 Å². The predicted molar refractivity (Wildman–Crippen MR) is 79.0 cm³/mol. The molecule has 0 aromatic carbocycles. The van der Waals surface area contributed by atoms with E-state index >= 15 is 0 Å². The Morgan fingerprint density at radius 1 is 1.52 bits per heavy atom. The number of alkyl halides is 1. The largest absolute Gasteiger partial charge is 0.383 e. The van der Waals surface area contributed by atoms with Crippen LogP contribution in [0.15, 0.2) is 23.0 Å². The van der Waals surface area contributed by atoms with Gasteiger partial charge >= 0.3 is 0 Å². The number of nitrogens with two attached hydrogens (primary N) is 1. The van der Waals surface area contributed by atoms with Crippen LogP contribution < -0.4 is 16.4 Å². The first-order valence-corrected chi connectivity index (χ1v) is 6.10. The first-order chi connectivity index (χ1) is 10.0. The number of rotatable bonds is 2. The van der Waals surface area contributed by atoms with Gasteiger partial charge in [-0.05, 0) is 24.5 Å². The molecule has 1 aliphatic heterocycles. The quantitative estimate of drug-likeness (QED) is 0.705. The number of pyridine rings is 1. The maximum absolute atomic E-state index is 13.6. The third-order valence-corrected chi connectivity index (χ3v) is 2.79. The van der Waals surface area contributed by atoms with Gasteiger partial charge in [0.15, 0.2) is 5.82 Å². The average molecular weight is 284 g/mol. The summed E-state index contributed by atoms with van der Waals surface area (Å²) in [6, 6.07) is 3.64. The summed E-state index contributed by atoms with van der Waals surface area (Å²) in [5.41, 5.74) is 7.09. The zero-order chi connectivity index (χ0) is 15.4. The third-order valence-electron chi connectivity index (χ3n) is 2.79. The van der Waals surface area contributed by atoms with Crippen molar-refractivity contribution in [2.24, 2.45) is 4.99 Å². The molecule has 0 saturated heterocycles. The number of hydrogen-bond donors (Lipinski definition) is 3. The van der Waals surface area contributed by atoms with Crippen LogP contribution >= 0.6 is 0 Å². The highest BCUT2D eigenvalue weighted by Gasteiger charge is 2.13. The van der Waals surface area contributed by atoms with Crippen LogP contribution in [0.4, 0.5) is 16.0 Å². The van der Waals surface area contributed by atoms with E-state index in [0.29, 0.717) is 22.6 Å². The number of nitrogen functional groups attached to an aromatic ring is 1. The Hall–Kier alpha value is -3.06. The molecule has 6 nitrogen and oxygen atoms in total. The Labute approximate surface area is 121 Å². The van der Waals surface area contributed by atoms with Crippen LogP contribution in [0.25, 0.3) is 0 Å². The predicted octanol–water partition coefficient (Wildman–Crippen LogP) is 1.07. The van der Waals surface area contributed by atoms with Gasteiger partial charge in [-0.25, -0.2) is 14.4 Å². The molecule has 1 aromatic rings. The smallest absolute Gasteiger partial charge is 0.217 e. The van der Waals surface area contributed by atoms with E-state index in [0.717, 1.165) is 0 Å². The van der Waals surface area contributed by atoms with Crippen molar-refractivity contribution in [3.63, 3.8) is 0 Å². The molecule has 4 N–H and O–H groups in total. The van der Waals surface area contributed by atoms with Crippen LogP contribution in [-0.4, -0.2) is 24.0 Å². The topological polar surface area (TPSA) is 99.1 Å². The van der Waals surface area contributed by atoms with E-state index in [4.69, 9.17) is 11.0 Å². The first kappa shape index (κ1) is 14.4. The Morgan fingerprint density at radius 3 is 2.95 bits per heavy atom. The van der Waals surface area contributed by atoms with Crippen LogP contribution in [0.3, 0.4) is 0 Å². The van der Waals surface area contributed by atoms with Crippen LogP contribution in [0.1, 0.15) is 11.1 Å². The lowest BCUT2D eigenvalue weighted by Crippen LogP contribution is -2.27. The highest BCUT2D eigenvalue weighted by Crippen LogP contribution is 2.19. The van der Waals surface area contributed by atoms with Crippen LogP contribution in [-0.2, 0) is 0 Å². The average Bonchev–Trinajstić information content (AvgIpc) is 2.64. The molecule has 2 heterocycles. The zero-order valence-corrected chi connectivity index (χ0v) is 11.5. The molecule has 0 radical (unpaired) electrons. The summed E-state index contributed by atoms with van der Waals surface area (Å²) in [5, 5.41) is 14.6. The van der Waals surface area contributed by atoms with Crippen LogP contribution in [0.5, 0.6) is 0 Å². The van der Waals surface area contributed by atoms with Crippen molar-refractivity contribution in [3.8, 4) is 17.9 Å². The molecule has 2 rings (SSSR count). The number of aryl methyl sites for hydroxylation is 1. The number of aromatic nitrogens is 1. The molecule has 0 saturated carbocycles. The fourth-order valence-electron chi connectivity index (χ4n) is 1.63. The first-order valence-electron chi connectivity index (χ1n) is 6.10. The van der Waals surface area contributed by atoms with Gasteiger partial charge in [0.05, 0.1) is 11.8 Å². The summed E-state index contributed by atoms with van der Waals surface area (Å²) in [6.45, 7) is 1.76. The van der Waals surface area contributed by atoms with E-state index in [1.165, 1.54) is 6.20 Å². The Kier molecular flexibility index (Phi) is 4.05. The molecule has 1 unspecified atom stereocenters. The summed E-state index contributed by atoms with van der Waals surface area (Å²) in [6.07, 6.45) is -0.117. The summed E-state index contributed by atoms with van der Waals surface area (Å²) in [7, 11) is 1.56. The fourth-order valence-corrected chi connectivity index (χ4v) is 1.63. The van der Waals surface area contributed by atoms with E-state index in [1.807, 2.05) is 6.07 Å². The minimum Gasteiger partial charge on any atom is -0.383 e. The Bertz CT molecular complexity index is 732. The van der Waals surface area contributed by atoms with Gasteiger partial charge in [-0.1, -0.05) is 5.92 Å². The summed E-state index contributed by atoms with van der Waals surface area (Å²) in [5.74, 6) is 5.70. The van der Waals surface area contributed by atoms with Crippen molar-refractivity contribution in [2.45, 2.75) is 13.1 Å². The molecule has 1 aromatic heterocycles. The van der Waals surface area contributed by atoms with Gasteiger partial charge in [-0.15, -0.1) is 0 Å². The van der Waals surface area contributed by atoms with Gasteiger partial charge in [0.2, 0.25) is 6.17 Å². The third kappa shape index (κ3) is 3.10. The number of halogens is 1. The number of allylic oxidation sites excluding steroid dienone is 1. The van der Waals surface area contributed by atoms with Gasteiger partial charge in [-0.2, -0.15) is 5.26 Å². The minimum atomic E-state index is -1.49. The molecule has 0 bridgehead atoms. The molecule has 7 heteroatoms. The SMILES string of the molecule is CNC1=NC=C(Nc2nc(N)c(C)cc2C#N)C#CC1F. The van der Waals surface area contributed by atoms with Gasteiger partial charge in [0.25, 0.3) is 0 Å². The second-order valence-corrected chi connectivity index (χ2v) is 4.26. The van der Waals surface area contributed by atoms with E-state index in [2.05, 4.69) is 32.5 Å². The van der Waals surface area contributed by atoms with Crippen LogP contribution in [0, 0.1) is 30.1 Å².